The second-order valence-corrected chi connectivity index (χ2v) is 25.7. The molecule has 1 heterocycles. The molecule has 0 saturated carbocycles. The van der Waals surface area contributed by atoms with Crippen LogP contribution >= 0.6 is 11.8 Å². The minimum atomic E-state index is -1.40. The highest BCUT2D eigenvalue weighted by atomic mass is 32.2. The van der Waals surface area contributed by atoms with Gasteiger partial charge in [0.15, 0.2) is 11.9 Å². The Bertz CT molecular complexity index is 2430. The van der Waals surface area contributed by atoms with Crippen molar-refractivity contribution in [3.05, 3.63) is 48.2 Å². The average Bonchev–Trinajstić information content (AvgIpc) is 1.33. The van der Waals surface area contributed by atoms with Crippen molar-refractivity contribution in [2.24, 2.45) is 34.8 Å². The van der Waals surface area contributed by atoms with Crippen molar-refractivity contribution in [1.82, 2.24) is 58.5 Å². The fourth-order valence-electron chi connectivity index (χ4n) is 10.3. The van der Waals surface area contributed by atoms with Crippen molar-refractivity contribution in [3.63, 3.8) is 0 Å². The second-order valence-electron chi connectivity index (χ2n) is 24.7. The summed E-state index contributed by atoms with van der Waals surface area (Å²) in [7, 11) is 0. The molecule has 0 bridgehead atoms. The molecule has 0 aliphatic carbocycles. The number of amides is 9. The van der Waals surface area contributed by atoms with Gasteiger partial charge in [0.2, 0.25) is 53.2 Å². The fourth-order valence-corrected chi connectivity index (χ4v) is 10.7. The number of nitrogens with one attached hydrogen (secondary N) is 13. The van der Waals surface area contributed by atoms with Crippen LogP contribution in [0.2, 0.25) is 0 Å². The number of primary amides is 1. The summed E-state index contributed by atoms with van der Waals surface area (Å²) in [5, 5.41) is 46.1. The monoisotopic (exact) mass is 1330 g/mol. The second kappa shape index (κ2) is 50.3. The number of rotatable bonds is 51. The van der Waals surface area contributed by atoms with Crippen LogP contribution in [0, 0.1) is 22.7 Å². The topological polar surface area (TPSA) is 438 Å². The largest absolute Gasteiger partial charge is 0.387 e. The molecule has 0 aromatic rings. The summed E-state index contributed by atoms with van der Waals surface area (Å²) in [4.78, 5) is 126. The molecule has 0 aromatic heterocycles. The van der Waals surface area contributed by atoms with Crippen molar-refractivity contribution in [2.75, 3.05) is 38.2 Å². The number of hydrogen-bond donors (Lipinski definition) is 17. The first-order chi connectivity index (χ1) is 44.4. The lowest BCUT2D eigenvalue weighted by atomic mass is 9.98. The van der Waals surface area contributed by atoms with E-state index < -0.39 is 95.6 Å². The molecule has 1 aliphatic rings. The third-order valence-electron chi connectivity index (χ3n) is 16.0. The SMILES string of the molecule is C=C1/C=C\C=C/CN/C=C\1C[C@H](NC(=O)[C@H](CCCCN)NC(=O)[C@H](CCCNC(=N)N)NC(=O)[C@H](CC(C)C)NC(=O)[C@H](CCCNC(=N)N)NC(=O)CCCCCCCCCCCCCCC)C(=O)N[C@@H](CCSC)C(=O)N[C@@H](C)C(=O)N[C@H](C(N)=O)[C@@H](C)CC. The quantitative estimate of drug-likeness (QED) is 0.0233. The zero-order valence-electron chi connectivity index (χ0n) is 57.0. The molecular weight excluding hydrogens is 1210 g/mol. The van der Waals surface area contributed by atoms with E-state index >= 15 is 0 Å². The molecular formula is C66H119N17O9S. The van der Waals surface area contributed by atoms with Gasteiger partial charge in [-0.05, 0) is 113 Å². The van der Waals surface area contributed by atoms with Gasteiger partial charge in [0.05, 0.1) is 0 Å². The molecule has 0 spiro atoms. The van der Waals surface area contributed by atoms with Gasteiger partial charge in [-0.25, -0.2) is 0 Å². The van der Waals surface area contributed by atoms with Gasteiger partial charge in [-0.2, -0.15) is 11.8 Å². The van der Waals surface area contributed by atoms with Crippen LogP contribution < -0.4 is 81.4 Å². The standard InChI is InChI=1S/C66H119N17O9S/c1-9-11-12-13-14-15-16-17-18-19-20-21-24-34-55(84)77-49(32-28-38-74-65(69)70)60(88)81-53(41-44(3)4)63(91)79-51(33-29-39-75-66(71)72)61(89)78-50(31-25-26-36-67)62(90)82-54(42-48-43-73-37-27-22-23-30-46(48)6)64(92)80-52(35-40-93-8)59(87)76-47(7)58(86)83-56(57(68)85)45(5)10-2/h22-23,27,30,43-45,47,49-54,56,73H,6,9-21,24-26,28-29,31-42,67H2,1-5,7-8H3,(H2,68,85)(H,76,87)(H,77,84)(H,78,89)(H,79,91)(H,80,92)(H,81,88)(H,82,90)(H,83,86)(H4,69,70,74)(H4,71,72,75)/b27-22-,30-23-,48-43-/t45-,47-,49-,50-,51-,52-,53-,54-,56-/m0/s1. The Balaban J connectivity index is 3.61. The van der Waals surface area contributed by atoms with Crippen molar-refractivity contribution in [1.29, 1.82) is 10.8 Å². The van der Waals surface area contributed by atoms with Crippen molar-refractivity contribution in [2.45, 2.75) is 250 Å². The smallest absolute Gasteiger partial charge is 0.243 e. The van der Waals surface area contributed by atoms with E-state index in [1.54, 1.807) is 25.3 Å². The van der Waals surface area contributed by atoms with E-state index in [9.17, 15) is 43.2 Å². The van der Waals surface area contributed by atoms with Gasteiger partial charge in [-0.1, -0.05) is 149 Å². The van der Waals surface area contributed by atoms with Crippen molar-refractivity contribution in [3.8, 4) is 0 Å². The zero-order valence-corrected chi connectivity index (χ0v) is 57.8. The normalized spacial score (nSPS) is 16.3. The highest BCUT2D eigenvalue weighted by Gasteiger charge is 2.35. The lowest BCUT2D eigenvalue weighted by Gasteiger charge is -2.29. The molecule has 528 valence electrons. The number of carbonyl (C=O) groups excluding carboxylic acids is 9. The minimum absolute atomic E-state index is 0.0294. The van der Waals surface area contributed by atoms with Crippen molar-refractivity contribution < 1.29 is 43.2 Å². The van der Waals surface area contributed by atoms with Gasteiger partial charge < -0.3 is 81.4 Å². The molecule has 0 aromatic carbocycles. The van der Waals surface area contributed by atoms with Crippen molar-refractivity contribution >= 4 is 76.8 Å². The fraction of sp³-hybridized carbons (Fsp3) is 0.712. The van der Waals surface area contributed by atoms with Gasteiger partial charge in [0, 0.05) is 38.7 Å². The summed E-state index contributed by atoms with van der Waals surface area (Å²) in [5.41, 5.74) is 23.6. The Kier molecular flexibility index (Phi) is 45.4. The zero-order chi connectivity index (χ0) is 69.5. The van der Waals surface area contributed by atoms with E-state index in [0.717, 1.165) is 25.7 Å². The molecule has 9 amide bonds. The van der Waals surface area contributed by atoms with Crippen LogP contribution in [0.5, 0.6) is 0 Å². The van der Waals surface area contributed by atoms with Crippen LogP contribution in [-0.4, -0.2) is 152 Å². The average molecular weight is 1330 g/mol. The summed E-state index contributed by atoms with van der Waals surface area (Å²) in [6.07, 6.45) is 28.0. The molecule has 0 unspecified atom stereocenters. The first kappa shape index (κ1) is 83.9. The Morgan fingerprint density at radius 1 is 0.559 bits per heavy atom. The first-order valence-corrected chi connectivity index (χ1v) is 35.3. The number of nitrogens with two attached hydrogens (primary N) is 4. The molecule has 0 radical (unpaired) electrons. The van der Waals surface area contributed by atoms with E-state index in [0.29, 0.717) is 55.5 Å². The van der Waals surface area contributed by atoms with Crippen LogP contribution in [0.1, 0.15) is 202 Å². The molecule has 26 nitrogen and oxygen atoms in total. The minimum Gasteiger partial charge on any atom is -0.387 e. The number of thioether (sulfide) groups is 1. The third kappa shape index (κ3) is 38.6. The van der Waals surface area contributed by atoms with Gasteiger partial charge in [0.1, 0.15) is 48.3 Å². The number of unbranched alkanes of at least 4 members (excludes halogenated alkanes) is 13. The third-order valence-corrected chi connectivity index (χ3v) is 16.7. The van der Waals surface area contributed by atoms with Crippen LogP contribution in [0.15, 0.2) is 48.2 Å². The Hall–Kier alpha value is -7.16. The number of carbonyl (C=O) groups is 9. The highest BCUT2D eigenvalue weighted by Crippen LogP contribution is 2.19. The van der Waals surface area contributed by atoms with Gasteiger partial charge in [0.25, 0.3) is 0 Å². The summed E-state index contributed by atoms with van der Waals surface area (Å²) >= 11 is 1.41. The van der Waals surface area contributed by atoms with Crippen LogP contribution in [0.4, 0.5) is 0 Å². The van der Waals surface area contributed by atoms with Gasteiger partial charge in [-0.15, -0.1) is 0 Å². The molecule has 9 atom stereocenters. The summed E-state index contributed by atoms with van der Waals surface area (Å²) < 4.78 is 0. The Morgan fingerprint density at radius 2 is 1.02 bits per heavy atom. The number of guanidine groups is 2. The summed E-state index contributed by atoms with van der Waals surface area (Å²) in [6.45, 7) is 16.2. The van der Waals surface area contributed by atoms with E-state index in [1.165, 1.54) is 70.1 Å². The molecule has 1 aliphatic heterocycles. The van der Waals surface area contributed by atoms with E-state index in [2.05, 4.69) is 72.0 Å². The molecule has 93 heavy (non-hydrogen) atoms. The van der Waals surface area contributed by atoms with Gasteiger partial charge >= 0.3 is 0 Å². The number of hydrogen-bond acceptors (Lipinski definition) is 14. The summed E-state index contributed by atoms with van der Waals surface area (Å²) in [6, 6.07) is -9.67. The predicted molar refractivity (Wildman–Crippen MR) is 372 cm³/mol. The van der Waals surface area contributed by atoms with E-state index in [-0.39, 0.29) is 101 Å². The van der Waals surface area contributed by atoms with E-state index in [1.807, 2.05) is 39.2 Å². The van der Waals surface area contributed by atoms with Crippen LogP contribution in [0.3, 0.4) is 0 Å². The molecule has 0 fully saturated rings. The lowest BCUT2D eigenvalue weighted by molar-refractivity contribution is -0.136. The molecule has 21 N–H and O–H groups in total. The van der Waals surface area contributed by atoms with Gasteiger partial charge in [-0.3, -0.25) is 54.0 Å². The lowest BCUT2D eigenvalue weighted by Crippen LogP contribution is -2.60. The maximum absolute atomic E-state index is 14.9. The Morgan fingerprint density at radius 3 is 1.52 bits per heavy atom. The van der Waals surface area contributed by atoms with Crippen LogP contribution in [-0.2, 0) is 43.2 Å². The maximum Gasteiger partial charge on any atom is 0.243 e. The Labute approximate surface area is 558 Å². The molecule has 1 rings (SSSR count). The molecule has 0 saturated heterocycles. The van der Waals surface area contributed by atoms with Crippen LogP contribution in [0.25, 0.3) is 0 Å². The number of allylic oxidation sites excluding steroid dienone is 4. The predicted octanol–water partition coefficient (Wildman–Crippen LogP) is 3.90. The van der Waals surface area contributed by atoms with E-state index in [4.69, 9.17) is 33.8 Å². The first-order valence-electron chi connectivity index (χ1n) is 33.9. The summed E-state index contributed by atoms with van der Waals surface area (Å²) in [5.74, 6) is -6.70. The maximum atomic E-state index is 14.9. The molecule has 27 heteroatoms. The highest BCUT2D eigenvalue weighted by molar-refractivity contribution is 7.98.